The van der Waals surface area contributed by atoms with Gasteiger partial charge in [0, 0.05) is 12.8 Å². The molecule has 0 aromatic heterocycles. The molecule has 1 fully saturated rings. The highest BCUT2D eigenvalue weighted by Crippen LogP contribution is 2.44. The Morgan fingerprint density at radius 2 is 1.79 bits per heavy atom. The fraction of sp³-hybridized carbons (Fsp3) is 0.550. The molecule has 6 nitrogen and oxygen atoms in total. The van der Waals surface area contributed by atoms with Crippen LogP contribution in [0.1, 0.15) is 45.6 Å². The van der Waals surface area contributed by atoms with Crippen LogP contribution in [-0.4, -0.2) is 35.4 Å². The minimum absolute atomic E-state index is 0.0273. The highest BCUT2D eigenvalue weighted by atomic mass is 19.3. The van der Waals surface area contributed by atoms with Gasteiger partial charge in [0.2, 0.25) is 5.92 Å². The largest absolute Gasteiger partial charge is 0.460 e. The molecule has 1 N–H and O–H groups in total. The van der Waals surface area contributed by atoms with E-state index in [1.165, 1.54) is 0 Å². The lowest BCUT2D eigenvalue weighted by Gasteiger charge is -2.39. The Morgan fingerprint density at radius 3 is 2.32 bits per heavy atom. The number of nitrogens with one attached hydrogen (secondary N) is 1. The number of halogens is 2. The van der Waals surface area contributed by atoms with E-state index in [2.05, 4.69) is 5.32 Å². The number of Topliss-reactive ketones (excluding diaryl/α,β-unsaturated/α-hetero) is 1. The minimum atomic E-state index is -2.87. The minimum Gasteiger partial charge on any atom is -0.460 e. The number of alkyl halides is 2. The van der Waals surface area contributed by atoms with Crippen molar-refractivity contribution in [3.05, 3.63) is 35.9 Å². The van der Waals surface area contributed by atoms with Crippen molar-refractivity contribution in [2.75, 3.05) is 0 Å². The molecule has 1 aliphatic rings. The monoisotopic (exact) mass is 397 g/mol. The molecular weight excluding hydrogens is 372 g/mol. The summed E-state index contributed by atoms with van der Waals surface area (Å²) in [5, 5.41) is 2.34. The van der Waals surface area contributed by atoms with Crippen molar-refractivity contribution in [2.45, 2.75) is 64.2 Å². The van der Waals surface area contributed by atoms with E-state index >= 15 is 0 Å². The third kappa shape index (κ3) is 6.90. The molecule has 1 unspecified atom stereocenters. The van der Waals surface area contributed by atoms with E-state index in [1.54, 1.807) is 45.0 Å². The predicted molar refractivity (Wildman–Crippen MR) is 96.7 cm³/mol. The number of carbonyl (C=O) groups excluding carboxylic acids is 3. The van der Waals surface area contributed by atoms with Crippen LogP contribution < -0.4 is 5.32 Å². The first-order valence-electron chi connectivity index (χ1n) is 9.05. The van der Waals surface area contributed by atoms with Crippen LogP contribution in [0.15, 0.2) is 30.3 Å². The molecule has 1 aromatic rings. The first-order chi connectivity index (χ1) is 13.0. The average molecular weight is 397 g/mol. The van der Waals surface area contributed by atoms with E-state index in [4.69, 9.17) is 9.47 Å². The molecule has 8 heteroatoms. The van der Waals surface area contributed by atoms with Gasteiger partial charge < -0.3 is 14.8 Å². The Bertz CT molecular complexity index is 707. The number of rotatable bonds is 7. The van der Waals surface area contributed by atoms with E-state index in [1.807, 2.05) is 6.07 Å². The van der Waals surface area contributed by atoms with Gasteiger partial charge in [0.25, 0.3) is 0 Å². The lowest BCUT2D eigenvalue weighted by atomic mass is 9.74. The van der Waals surface area contributed by atoms with Crippen LogP contribution in [0.25, 0.3) is 0 Å². The van der Waals surface area contributed by atoms with E-state index in [0.717, 1.165) is 5.56 Å². The predicted octanol–water partition coefficient (Wildman–Crippen LogP) is 3.63. The van der Waals surface area contributed by atoms with E-state index in [0.29, 0.717) is 0 Å². The molecule has 0 radical (unpaired) electrons. The summed E-state index contributed by atoms with van der Waals surface area (Å²) in [5.74, 6) is -5.07. The van der Waals surface area contributed by atoms with Crippen molar-refractivity contribution >= 4 is 17.8 Å². The maximum atomic E-state index is 13.3. The van der Waals surface area contributed by atoms with Gasteiger partial charge in [-0.15, -0.1) is 0 Å². The fourth-order valence-corrected chi connectivity index (χ4v) is 2.93. The molecular formula is C20H25F2NO5. The number of ether oxygens (including phenoxy) is 2. The maximum Gasteiger partial charge on any atom is 0.408 e. The van der Waals surface area contributed by atoms with Crippen LogP contribution in [0, 0.1) is 5.92 Å². The standard InChI is InChI=1S/C20H25F2NO5/c1-19(2,3)28-16(25)9-15(24)17(14-10-20(21,22)11-14)23-18(26)27-12-13-7-5-4-6-8-13/h4-8,14,17H,9-12H2,1-3H3,(H,23,26). The molecule has 0 bridgehead atoms. The van der Waals surface area contributed by atoms with Crippen molar-refractivity contribution in [3.8, 4) is 0 Å². The fourth-order valence-electron chi connectivity index (χ4n) is 2.93. The zero-order valence-corrected chi connectivity index (χ0v) is 16.2. The summed E-state index contributed by atoms with van der Waals surface area (Å²) in [6.07, 6.45) is -2.57. The first kappa shape index (κ1) is 21.8. The summed E-state index contributed by atoms with van der Waals surface area (Å²) in [4.78, 5) is 36.4. The first-order valence-corrected chi connectivity index (χ1v) is 9.05. The van der Waals surface area contributed by atoms with Gasteiger partial charge in [0.1, 0.15) is 18.6 Å². The third-order valence-electron chi connectivity index (χ3n) is 4.16. The van der Waals surface area contributed by atoms with Crippen molar-refractivity contribution < 1.29 is 32.6 Å². The molecule has 0 heterocycles. The molecule has 2 rings (SSSR count). The summed E-state index contributed by atoms with van der Waals surface area (Å²) in [7, 11) is 0. The molecule has 1 aliphatic carbocycles. The summed E-state index contributed by atoms with van der Waals surface area (Å²) in [5.41, 5.74) is -0.0391. The van der Waals surface area contributed by atoms with Crippen LogP contribution in [0.4, 0.5) is 13.6 Å². The van der Waals surface area contributed by atoms with Gasteiger partial charge in [-0.2, -0.15) is 0 Å². The smallest absolute Gasteiger partial charge is 0.408 e. The van der Waals surface area contributed by atoms with Crippen LogP contribution in [0.5, 0.6) is 0 Å². The van der Waals surface area contributed by atoms with Gasteiger partial charge in [0.15, 0.2) is 5.78 Å². The van der Waals surface area contributed by atoms with Crippen LogP contribution in [0.3, 0.4) is 0 Å². The molecule has 154 valence electrons. The molecule has 1 amide bonds. The molecule has 1 saturated carbocycles. The van der Waals surface area contributed by atoms with E-state index in [-0.39, 0.29) is 6.61 Å². The number of amides is 1. The van der Waals surface area contributed by atoms with E-state index in [9.17, 15) is 23.2 Å². The van der Waals surface area contributed by atoms with Gasteiger partial charge in [-0.1, -0.05) is 30.3 Å². The van der Waals surface area contributed by atoms with Crippen LogP contribution >= 0.6 is 0 Å². The molecule has 28 heavy (non-hydrogen) atoms. The summed E-state index contributed by atoms with van der Waals surface area (Å²) >= 11 is 0. The second-order valence-corrected chi connectivity index (χ2v) is 7.94. The van der Waals surface area contributed by atoms with Gasteiger partial charge in [-0.3, -0.25) is 9.59 Å². The Hall–Kier alpha value is -2.51. The normalized spacial score (nSPS) is 17.2. The van der Waals surface area contributed by atoms with Gasteiger partial charge >= 0.3 is 12.1 Å². The Morgan fingerprint density at radius 1 is 1.18 bits per heavy atom. The van der Waals surface area contributed by atoms with Gasteiger partial charge in [-0.25, -0.2) is 13.6 Å². The number of hydrogen-bond donors (Lipinski definition) is 1. The van der Waals surface area contributed by atoms with E-state index < -0.39 is 60.6 Å². The molecule has 1 atom stereocenters. The molecule has 0 aliphatic heterocycles. The van der Waals surface area contributed by atoms with Crippen molar-refractivity contribution in [2.24, 2.45) is 5.92 Å². The summed E-state index contributed by atoms with van der Waals surface area (Å²) in [6, 6.07) is 7.65. The second kappa shape index (κ2) is 8.67. The molecule has 1 aromatic carbocycles. The lowest BCUT2D eigenvalue weighted by molar-refractivity contribution is -0.157. The highest BCUT2D eigenvalue weighted by molar-refractivity contribution is 6.00. The number of hydrogen-bond acceptors (Lipinski definition) is 5. The quantitative estimate of drug-likeness (QED) is 0.561. The Kier molecular flexibility index (Phi) is 6.74. The Balaban J connectivity index is 1.96. The number of carbonyl (C=O) groups is 3. The van der Waals surface area contributed by atoms with Crippen molar-refractivity contribution in [1.82, 2.24) is 5.32 Å². The maximum absolute atomic E-state index is 13.3. The number of alkyl carbamates (subject to hydrolysis) is 1. The van der Waals surface area contributed by atoms with Crippen molar-refractivity contribution in [3.63, 3.8) is 0 Å². The average Bonchev–Trinajstić information content (AvgIpc) is 2.54. The van der Waals surface area contributed by atoms with Gasteiger partial charge in [-0.05, 0) is 32.3 Å². The molecule has 0 saturated heterocycles. The molecule has 0 spiro atoms. The van der Waals surface area contributed by atoms with Crippen molar-refractivity contribution in [1.29, 1.82) is 0 Å². The third-order valence-corrected chi connectivity index (χ3v) is 4.16. The highest BCUT2D eigenvalue weighted by Gasteiger charge is 2.51. The van der Waals surface area contributed by atoms with Gasteiger partial charge in [0.05, 0.1) is 6.04 Å². The number of benzene rings is 1. The second-order valence-electron chi connectivity index (χ2n) is 7.94. The number of ketones is 1. The Labute approximate surface area is 162 Å². The SMILES string of the molecule is CC(C)(C)OC(=O)CC(=O)C(NC(=O)OCc1ccccc1)C1CC(F)(F)C1. The van der Waals surface area contributed by atoms with Crippen LogP contribution in [-0.2, 0) is 25.7 Å². The summed E-state index contributed by atoms with van der Waals surface area (Å²) < 4.78 is 36.7. The summed E-state index contributed by atoms with van der Waals surface area (Å²) in [6.45, 7) is 4.93. The topological polar surface area (TPSA) is 81.7 Å². The zero-order valence-electron chi connectivity index (χ0n) is 16.2. The lowest BCUT2D eigenvalue weighted by Crippen LogP contribution is -2.54. The van der Waals surface area contributed by atoms with Crippen LogP contribution in [0.2, 0.25) is 0 Å². The number of esters is 1. The zero-order chi connectivity index (χ0) is 20.9.